The molecule has 6 rings (SSSR count). The van der Waals surface area contributed by atoms with E-state index in [9.17, 15) is 24.0 Å². The molecule has 4 bridgehead atoms. The maximum absolute atomic E-state index is 14.2. The van der Waals surface area contributed by atoms with E-state index in [0.29, 0.717) is 30.7 Å². The number of rotatable bonds is 9. The highest BCUT2D eigenvalue weighted by Gasteiger charge is 2.58. The van der Waals surface area contributed by atoms with Gasteiger partial charge in [0.2, 0.25) is 17.6 Å². The maximum Gasteiger partial charge on any atom is 0.315 e. The van der Waals surface area contributed by atoms with Crippen molar-refractivity contribution < 1.29 is 24.0 Å². The monoisotopic (exact) mass is 571 g/mol. The normalized spacial score (nSPS) is 33.8. The molecule has 5 saturated carbocycles. The minimum atomic E-state index is -1.06. The van der Waals surface area contributed by atoms with Gasteiger partial charge in [0, 0.05) is 12.1 Å². The number of nitrogens with zero attached hydrogens (tertiary/aromatic N) is 1. The van der Waals surface area contributed by atoms with Crippen LogP contribution in [-0.4, -0.2) is 64.6 Å². The summed E-state index contributed by atoms with van der Waals surface area (Å²) in [7, 11) is 0. The maximum atomic E-state index is 14.2. The first kappa shape index (κ1) is 29.8. The quantitative estimate of drug-likeness (QED) is 0.314. The van der Waals surface area contributed by atoms with Gasteiger partial charge in [-0.1, -0.05) is 41.0 Å². The number of nitrogens with one attached hydrogen (secondary N) is 3. The lowest BCUT2D eigenvalue weighted by Crippen LogP contribution is -2.62. The Morgan fingerprint density at radius 2 is 1.54 bits per heavy atom. The predicted molar refractivity (Wildman–Crippen MR) is 153 cm³/mol. The topological polar surface area (TPSA) is 151 Å². The Morgan fingerprint density at radius 3 is 2.05 bits per heavy atom. The number of carbonyl (C=O) groups excluding carboxylic acids is 5. The van der Waals surface area contributed by atoms with Gasteiger partial charge in [-0.15, -0.1) is 0 Å². The molecule has 10 heteroatoms. The van der Waals surface area contributed by atoms with E-state index in [2.05, 4.69) is 29.8 Å². The van der Waals surface area contributed by atoms with E-state index in [0.717, 1.165) is 32.1 Å². The van der Waals surface area contributed by atoms with Crippen LogP contribution < -0.4 is 21.7 Å². The zero-order valence-electron chi connectivity index (χ0n) is 25.3. The van der Waals surface area contributed by atoms with E-state index < -0.39 is 41.1 Å². The lowest BCUT2D eigenvalue weighted by molar-refractivity contribution is -0.144. The fourth-order valence-corrected chi connectivity index (χ4v) is 8.63. The molecule has 1 heterocycles. The van der Waals surface area contributed by atoms with E-state index in [4.69, 9.17) is 5.73 Å². The second-order valence-electron chi connectivity index (χ2n) is 15.2. The molecule has 6 atom stereocenters. The second-order valence-corrected chi connectivity index (χ2v) is 15.2. The van der Waals surface area contributed by atoms with Crippen molar-refractivity contribution in [3.8, 4) is 0 Å². The number of Topliss-reactive ketones (excluding diaryl/α,β-unsaturated/α-hetero) is 1. The molecule has 5 amide bonds. The summed E-state index contributed by atoms with van der Waals surface area (Å²) in [5, 5.41) is 9.14. The number of carbonyl (C=O) groups is 5. The number of nitrogens with two attached hydrogens (primary N) is 1. The van der Waals surface area contributed by atoms with Gasteiger partial charge in [0.25, 0.3) is 5.91 Å². The Hall–Kier alpha value is -2.65. The number of amides is 5. The van der Waals surface area contributed by atoms with Gasteiger partial charge in [0.1, 0.15) is 18.1 Å². The van der Waals surface area contributed by atoms with Gasteiger partial charge >= 0.3 is 6.03 Å². The number of ketones is 1. The van der Waals surface area contributed by atoms with Crippen LogP contribution in [0.1, 0.15) is 92.4 Å². The molecule has 10 nitrogen and oxygen atoms in total. The molecule has 5 aliphatic carbocycles. The van der Waals surface area contributed by atoms with Crippen LogP contribution in [0.15, 0.2) is 0 Å². The van der Waals surface area contributed by atoms with Crippen molar-refractivity contribution in [2.45, 2.75) is 116 Å². The summed E-state index contributed by atoms with van der Waals surface area (Å²) < 4.78 is 0. The van der Waals surface area contributed by atoms with Crippen LogP contribution >= 0.6 is 0 Å². The van der Waals surface area contributed by atoms with Gasteiger partial charge < -0.3 is 26.6 Å². The molecule has 0 aromatic carbocycles. The van der Waals surface area contributed by atoms with Crippen molar-refractivity contribution in [1.29, 1.82) is 0 Å². The zero-order chi connectivity index (χ0) is 29.9. The summed E-state index contributed by atoms with van der Waals surface area (Å²) in [6.07, 6.45) is 8.53. The number of urea groups is 1. The SMILES string of the molecule is CC(C)C1CC(C(=O)NC(C(=O)C(N)=O)C2CCC2)N(C(=O)[C@@H](NC(=O)NC23CC4CC(CC2C4)C3)C(C)(C)C)C1. The van der Waals surface area contributed by atoms with Crippen LogP contribution in [-0.2, 0) is 19.2 Å². The van der Waals surface area contributed by atoms with Gasteiger partial charge in [0.15, 0.2) is 0 Å². The number of primary amides is 1. The first-order chi connectivity index (χ1) is 19.2. The van der Waals surface area contributed by atoms with E-state index >= 15 is 0 Å². The third-order valence-electron chi connectivity index (χ3n) is 11.0. The van der Waals surface area contributed by atoms with Crippen molar-refractivity contribution >= 4 is 29.5 Å². The number of hydrogen-bond donors (Lipinski definition) is 4. The van der Waals surface area contributed by atoms with Gasteiger partial charge in [-0.2, -0.15) is 0 Å². The second kappa shape index (κ2) is 10.9. The average molecular weight is 572 g/mol. The standard InChI is InChI=1S/C31H49N5O5/c1-16(2)20-12-22(27(39)33-23(19-7-6-8-19)24(37)26(32)38)36(15-20)28(40)25(30(3,4)5)34-29(41)35-31-13-17-9-18(14-31)11-21(31)10-17/h16-23,25H,6-15H2,1-5H3,(H2,32,38)(H,33,39)(H2,34,35,41)/t17?,18?,20?,21?,22?,23?,25-,31?/m1/s1. The van der Waals surface area contributed by atoms with Gasteiger partial charge in [-0.3, -0.25) is 19.2 Å². The predicted octanol–water partition coefficient (Wildman–Crippen LogP) is 2.49. The number of hydrogen-bond acceptors (Lipinski definition) is 5. The van der Waals surface area contributed by atoms with Gasteiger partial charge in [0.05, 0.1) is 0 Å². The molecular formula is C31H49N5O5. The van der Waals surface area contributed by atoms with Crippen molar-refractivity contribution in [1.82, 2.24) is 20.9 Å². The van der Waals surface area contributed by atoms with Gasteiger partial charge in [-0.25, -0.2) is 4.79 Å². The Kier molecular flexibility index (Phi) is 7.92. The third-order valence-corrected chi connectivity index (χ3v) is 11.0. The highest BCUT2D eigenvalue weighted by Crippen LogP contribution is 2.60. The molecule has 0 radical (unpaired) electrons. The molecule has 6 fully saturated rings. The highest BCUT2D eigenvalue weighted by molar-refractivity contribution is 6.38. The zero-order valence-corrected chi connectivity index (χ0v) is 25.3. The Balaban J connectivity index is 1.32. The lowest BCUT2D eigenvalue weighted by atomic mass is 9.78. The highest BCUT2D eigenvalue weighted by atomic mass is 16.2. The molecule has 41 heavy (non-hydrogen) atoms. The number of likely N-dealkylation sites (tertiary alicyclic amines) is 1. The molecule has 0 aromatic rings. The van der Waals surface area contributed by atoms with Crippen molar-refractivity contribution in [2.75, 3.05) is 6.54 Å². The first-order valence-corrected chi connectivity index (χ1v) is 15.7. The molecular weight excluding hydrogens is 522 g/mol. The molecule has 1 aliphatic heterocycles. The summed E-state index contributed by atoms with van der Waals surface area (Å²) in [5.74, 6) is -0.507. The summed E-state index contributed by atoms with van der Waals surface area (Å²) in [6.45, 7) is 10.3. The molecule has 0 spiro atoms. The molecule has 1 saturated heterocycles. The van der Waals surface area contributed by atoms with Crippen LogP contribution in [0.5, 0.6) is 0 Å². The van der Waals surface area contributed by atoms with E-state index in [-0.39, 0.29) is 35.2 Å². The summed E-state index contributed by atoms with van der Waals surface area (Å²) in [6, 6.07) is -2.93. The van der Waals surface area contributed by atoms with Crippen LogP contribution in [0.2, 0.25) is 0 Å². The Morgan fingerprint density at radius 1 is 0.902 bits per heavy atom. The lowest BCUT2D eigenvalue weighted by Gasteiger charge is -2.38. The van der Waals surface area contributed by atoms with E-state index in [1.54, 1.807) is 4.90 Å². The van der Waals surface area contributed by atoms with Crippen molar-refractivity contribution in [3.05, 3.63) is 0 Å². The van der Waals surface area contributed by atoms with Crippen LogP contribution in [0.4, 0.5) is 4.79 Å². The summed E-state index contributed by atoms with van der Waals surface area (Å²) >= 11 is 0. The molecule has 5 unspecified atom stereocenters. The average Bonchev–Trinajstić information content (AvgIpc) is 3.46. The molecule has 228 valence electrons. The fraction of sp³-hybridized carbons (Fsp3) is 0.839. The van der Waals surface area contributed by atoms with Crippen LogP contribution in [0.3, 0.4) is 0 Å². The third kappa shape index (κ3) is 5.72. The smallest absolute Gasteiger partial charge is 0.315 e. The molecule has 5 N–H and O–H groups in total. The van der Waals surface area contributed by atoms with E-state index in [1.807, 2.05) is 20.8 Å². The fourth-order valence-electron chi connectivity index (χ4n) is 8.63. The summed E-state index contributed by atoms with van der Waals surface area (Å²) in [5.41, 5.74) is 4.54. The van der Waals surface area contributed by atoms with Crippen molar-refractivity contribution in [2.24, 2.45) is 46.7 Å². The van der Waals surface area contributed by atoms with Crippen LogP contribution in [0, 0.1) is 40.9 Å². The van der Waals surface area contributed by atoms with E-state index in [1.165, 1.54) is 19.3 Å². The summed E-state index contributed by atoms with van der Waals surface area (Å²) in [4.78, 5) is 67.3. The Bertz CT molecular complexity index is 1080. The largest absolute Gasteiger partial charge is 0.363 e. The van der Waals surface area contributed by atoms with Crippen molar-refractivity contribution in [3.63, 3.8) is 0 Å². The minimum absolute atomic E-state index is 0.0847. The molecule has 6 aliphatic rings. The minimum Gasteiger partial charge on any atom is -0.363 e. The molecule has 0 aromatic heterocycles. The first-order valence-electron chi connectivity index (χ1n) is 15.7. The van der Waals surface area contributed by atoms with Crippen LogP contribution in [0.25, 0.3) is 0 Å². The Labute approximate surface area is 243 Å². The van der Waals surface area contributed by atoms with Gasteiger partial charge in [-0.05, 0) is 92.3 Å².